The molecule has 4 aromatic carbocycles. The van der Waals surface area contributed by atoms with E-state index in [0.717, 1.165) is 27.6 Å². The van der Waals surface area contributed by atoms with E-state index in [2.05, 4.69) is 11.4 Å². The van der Waals surface area contributed by atoms with Crippen LogP contribution in [0, 0.1) is 17.1 Å². The van der Waals surface area contributed by atoms with Gasteiger partial charge in [-0.3, -0.25) is 4.79 Å². The first kappa shape index (κ1) is 27.9. The molecule has 0 spiro atoms. The molecular weight excluding hydrogens is 540 g/mol. The molecular formula is C32H24BClFN3O3. The minimum atomic E-state index is -1.55. The summed E-state index contributed by atoms with van der Waals surface area (Å²) < 4.78 is 15.4. The number of carbonyl (C=O) groups excluding carboxylic acids is 1. The standard InChI is InChI=1S/C32H24BClFN3O3/c34-28-10-13-30-26(20-38(31(30)16-28)19-22-6-11-29(35)12-7-22)15-25(17-36)23-2-1-3-24(14-23)32(39)37-18-21-4-8-27(9-5-21)33(40)41/h1-16,20,40-41H,18-19H2,(H,37,39). The van der Waals surface area contributed by atoms with Gasteiger partial charge in [-0.1, -0.05) is 66.2 Å². The number of nitrogens with zero attached hydrogens (tertiary/aromatic N) is 2. The molecule has 1 heterocycles. The second-order valence-electron chi connectivity index (χ2n) is 9.55. The third-order valence-electron chi connectivity index (χ3n) is 6.73. The van der Waals surface area contributed by atoms with Crippen LogP contribution in [-0.4, -0.2) is 27.6 Å². The normalized spacial score (nSPS) is 11.3. The van der Waals surface area contributed by atoms with Gasteiger partial charge in [-0.2, -0.15) is 5.26 Å². The quantitative estimate of drug-likeness (QED) is 0.180. The topological polar surface area (TPSA) is 98.3 Å². The van der Waals surface area contributed by atoms with Crippen molar-refractivity contribution in [3.8, 4) is 6.07 Å². The fourth-order valence-electron chi connectivity index (χ4n) is 4.58. The fraction of sp³-hybridized carbons (Fsp3) is 0.0625. The van der Waals surface area contributed by atoms with Gasteiger partial charge >= 0.3 is 7.12 Å². The van der Waals surface area contributed by atoms with Crippen molar-refractivity contribution in [2.45, 2.75) is 13.1 Å². The zero-order valence-corrected chi connectivity index (χ0v) is 22.5. The van der Waals surface area contributed by atoms with Crippen molar-refractivity contribution in [2.75, 3.05) is 0 Å². The number of nitrogens with one attached hydrogen (secondary N) is 1. The van der Waals surface area contributed by atoms with Crippen LogP contribution >= 0.6 is 11.6 Å². The van der Waals surface area contributed by atoms with Gasteiger partial charge in [-0.25, -0.2) is 4.39 Å². The second-order valence-corrected chi connectivity index (χ2v) is 9.99. The number of allylic oxidation sites excluding steroid dienone is 1. The summed E-state index contributed by atoms with van der Waals surface area (Å²) in [5.74, 6) is -0.606. The lowest BCUT2D eigenvalue weighted by Crippen LogP contribution is -2.29. The average molecular weight is 564 g/mol. The Hall–Kier alpha value is -4.68. The SMILES string of the molecule is N#CC(=Cc1cn(Cc2ccc(F)cc2)c2cc(Cl)ccc12)c1cccc(C(=O)NCc2ccc(B(O)O)cc2)c1. The Bertz CT molecular complexity index is 1790. The van der Waals surface area contributed by atoms with E-state index in [1.165, 1.54) is 12.1 Å². The van der Waals surface area contributed by atoms with Crippen LogP contribution < -0.4 is 10.8 Å². The van der Waals surface area contributed by atoms with Crippen molar-refractivity contribution in [1.82, 2.24) is 9.88 Å². The molecule has 9 heteroatoms. The summed E-state index contributed by atoms with van der Waals surface area (Å²) in [6.07, 6.45) is 3.71. The van der Waals surface area contributed by atoms with Gasteiger partial charge in [0.1, 0.15) is 5.82 Å². The molecule has 1 amide bonds. The molecule has 0 saturated carbocycles. The highest BCUT2D eigenvalue weighted by molar-refractivity contribution is 6.58. The molecule has 1 aromatic heterocycles. The number of rotatable bonds is 8. The van der Waals surface area contributed by atoms with E-state index in [-0.39, 0.29) is 18.3 Å². The van der Waals surface area contributed by atoms with Crippen molar-refractivity contribution in [2.24, 2.45) is 0 Å². The van der Waals surface area contributed by atoms with Crippen LogP contribution in [0.25, 0.3) is 22.6 Å². The first-order chi connectivity index (χ1) is 19.8. The Balaban J connectivity index is 1.40. The zero-order valence-electron chi connectivity index (χ0n) is 21.8. The number of fused-ring (bicyclic) bond motifs is 1. The maximum absolute atomic E-state index is 13.4. The third-order valence-corrected chi connectivity index (χ3v) is 6.96. The van der Waals surface area contributed by atoms with Gasteiger partial charge in [0.05, 0.1) is 17.2 Å². The molecule has 0 unspecified atom stereocenters. The summed E-state index contributed by atoms with van der Waals surface area (Å²) in [6, 6.07) is 27.5. The maximum atomic E-state index is 13.4. The minimum absolute atomic E-state index is 0.252. The van der Waals surface area contributed by atoms with E-state index in [9.17, 15) is 24.5 Å². The van der Waals surface area contributed by atoms with Gasteiger partial charge in [0.25, 0.3) is 5.91 Å². The van der Waals surface area contributed by atoms with Crippen LogP contribution in [0.2, 0.25) is 5.02 Å². The van der Waals surface area contributed by atoms with Gasteiger partial charge in [0.2, 0.25) is 0 Å². The molecule has 3 N–H and O–H groups in total. The summed E-state index contributed by atoms with van der Waals surface area (Å²) in [5, 5.41) is 32.9. The van der Waals surface area contributed by atoms with E-state index in [1.807, 2.05) is 22.9 Å². The van der Waals surface area contributed by atoms with Crippen LogP contribution in [0.4, 0.5) is 4.39 Å². The highest BCUT2D eigenvalue weighted by Crippen LogP contribution is 2.29. The molecule has 5 aromatic rings. The average Bonchev–Trinajstić information content (AvgIpc) is 3.31. The van der Waals surface area contributed by atoms with Gasteiger partial charge in [0, 0.05) is 40.8 Å². The zero-order chi connectivity index (χ0) is 28.9. The number of amides is 1. The molecule has 6 nitrogen and oxygen atoms in total. The predicted octanol–water partition coefficient (Wildman–Crippen LogP) is 5.16. The van der Waals surface area contributed by atoms with Gasteiger partial charge in [0.15, 0.2) is 0 Å². The van der Waals surface area contributed by atoms with E-state index >= 15 is 0 Å². The van der Waals surface area contributed by atoms with E-state index in [4.69, 9.17) is 11.6 Å². The molecule has 0 radical (unpaired) electrons. The fourth-order valence-corrected chi connectivity index (χ4v) is 4.75. The van der Waals surface area contributed by atoms with Gasteiger partial charge in [-0.15, -0.1) is 0 Å². The second kappa shape index (κ2) is 12.2. The summed E-state index contributed by atoms with van der Waals surface area (Å²) in [7, 11) is -1.55. The molecule has 0 bridgehead atoms. The minimum Gasteiger partial charge on any atom is -0.423 e. The molecule has 0 aliphatic rings. The number of nitriles is 1. The maximum Gasteiger partial charge on any atom is 0.488 e. The largest absolute Gasteiger partial charge is 0.488 e. The third kappa shape index (κ3) is 6.56. The Labute approximate surface area is 241 Å². The van der Waals surface area contributed by atoms with Gasteiger partial charge < -0.3 is 19.9 Å². The highest BCUT2D eigenvalue weighted by Gasteiger charge is 2.13. The predicted molar refractivity (Wildman–Crippen MR) is 160 cm³/mol. The number of aromatic nitrogens is 1. The van der Waals surface area contributed by atoms with Gasteiger partial charge in [-0.05, 0) is 64.6 Å². The Morgan fingerprint density at radius 2 is 1.68 bits per heavy atom. The first-order valence-corrected chi connectivity index (χ1v) is 13.2. The summed E-state index contributed by atoms with van der Waals surface area (Å²) in [5.41, 5.74) is 5.14. The van der Waals surface area contributed by atoms with Crippen molar-refractivity contribution < 1.29 is 19.2 Å². The lowest BCUT2D eigenvalue weighted by atomic mass is 9.80. The van der Waals surface area contributed by atoms with Crippen molar-refractivity contribution >= 4 is 52.6 Å². The van der Waals surface area contributed by atoms with E-state index in [1.54, 1.807) is 72.8 Å². The monoisotopic (exact) mass is 563 g/mol. The molecule has 0 saturated heterocycles. The molecule has 202 valence electrons. The highest BCUT2D eigenvalue weighted by atomic mass is 35.5. The summed E-state index contributed by atoms with van der Waals surface area (Å²) in [6.45, 7) is 0.744. The van der Waals surface area contributed by atoms with Crippen molar-refractivity contribution in [1.29, 1.82) is 5.26 Å². The molecule has 0 aliphatic heterocycles. The van der Waals surface area contributed by atoms with Crippen molar-refractivity contribution in [3.63, 3.8) is 0 Å². The molecule has 0 aliphatic carbocycles. The Morgan fingerprint density at radius 3 is 2.39 bits per heavy atom. The Morgan fingerprint density at radius 1 is 0.976 bits per heavy atom. The lowest BCUT2D eigenvalue weighted by Gasteiger charge is -2.08. The molecule has 0 atom stereocenters. The number of hydrogen-bond acceptors (Lipinski definition) is 4. The lowest BCUT2D eigenvalue weighted by molar-refractivity contribution is 0.0951. The first-order valence-electron chi connectivity index (χ1n) is 12.8. The molecule has 0 fully saturated rings. The number of carbonyl (C=O) groups is 1. The summed E-state index contributed by atoms with van der Waals surface area (Å²) >= 11 is 6.30. The van der Waals surface area contributed by atoms with Crippen molar-refractivity contribution in [3.05, 3.63) is 136 Å². The molecule has 5 rings (SSSR count). The number of benzene rings is 4. The smallest absolute Gasteiger partial charge is 0.423 e. The summed E-state index contributed by atoms with van der Waals surface area (Å²) in [4.78, 5) is 12.9. The van der Waals surface area contributed by atoms with Crippen LogP contribution in [-0.2, 0) is 13.1 Å². The molecule has 41 heavy (non-hydrogen) atoms. The van der Waals surface area contributed by atoms with E-state index < -0.39 is 7.12 Å². The van der Waals surface area contributed by atoms with E-state index in [0.29, 0.717) is 33.7 Å². The van der Waals surface area contributed by atoms with Crippen LogP contribution in [0.15, 0.2) is 97.2 Å². The van der Waals surface area contributed by atoms with Crippen LogP contribution in [0.3, 0.4) is 0 Å². The number of halogens is 2. The van der Waals surface area contributed by atoms with Crippen LogP contribution in [0.5, 0.6) is 0 Å². The van der Waals surface area contributed by atoms with Crippen LogP contribution in [0.1, 0.15) is 32.6 Å². The Kier molecular flexibility index (Phi) is 8.32. The number of hydrogen-bond donors (Lipinski definition) is 3.